The van der Waals surface area contributed by atoms with E-state index in [0.717, 1.165) is 36.7 Å². The van der Waals surface area contributed by atoms with Crippen molar-refractivity contribution in [3.05, 3.63) is 72.4 Å². The van der Waals surface area contributed by atoms with Crippen LogP contribution in [0.4, 0.5) is 0 Å². The summed E-state index contributed by atoms with van der Waals surface area (Å²) in [6.07, 6.45) is 7.36. The first-order chi connectivity index (χ1) is 16.5. The van der Waals surface area contributed by atoms with Crippen molar-refractivity contribution in [3.8, 4) is 0 Å². The molecule has 1 amide bonds. The smallest absolute Gasteiger partial charge is 0.242 e. The van der Waals surface area contributed by atoms with Gasteiger partial charge in [-0.05, 0) is 62.6 Å². The van der Waals surface area contributed by atoms with Gasteiger partial charge in [0.05, 0.1) is 11.6 Å². The minimum atomic E-state index is -3.66. The van der Waals surface area contributed by atoms with Gasteiger partial charge in [-0.2, -0.15) is 0 Å². The molecule has 0 spiro atoms. The Morgan fingerprint density at radius 1 is 0.912 bits per heavy atom. The molecule has 2 aliphatic rings. The number of carbonyl (C=O) groups is 1. The molecular weight excluding hydrogens is 446 g/mol. The van der Waals surface area contributed by atoms with Gasteiger partial charge >= 0.3 is 0 Å². The predicted molar refractivity (Wildman–Crippen MR) is 133 cm³/mol. The Morgan fingerprint density at radius 2 is 1.65 bits per heavy atom. The predicted octanol–water partition coefficient (Wildman–Crippen LogP) is 4.83. The molecule has 1 N–H and O–H groups in total. The van der Waals surface area contributed by atoms with Gasteiger partial charge < -0.3 is 4.90 Å². The molecule has 1 aliphatic carbocycles. The summed E-state index contributed by atoms with van der Waals surface area (Å²) in [5, 5.41) is 0.800. The van der Waals surface area contributed by atoms with Crippen molar-refractivity contribution >= 4 is 26.8 Å². The summed E-state index contributed by atoms with van der Waals surface area (Å²) in [5.41, 5.74) is 1.98. The van der Waals surface area contributed by atoms with Crippen molar-refractivity contribution in [2.45, 2.75) is 61.9 Å². The van der Waals surface area contributed by atoms with E-state index in [1.165, 1.54) is 11.8 Å². The van der Waals surface area contributed by atoms with Gasteiger partial charge in [0, 0.05) is 30.1 Å². The number of benzene rings is 2. The van der Waals surface area contributed by atoms with Crippen molar-refractivity contribution in [1.82, 2.24) is 14.6 Å². The van der Waals surface area contributed by atoms with E-state index in [2.05, 4.69) is 26.7 Å². The minimum Gasteiger partial charge on any atom is -0.335 e. The molecule has 2 heterocycles. The molecule has 34 heavy (non-hydrogen) atoms. The Morgan fingerprint density at radius 3 is 2.44 bits per heavy atom. The molecule has 6 nitrogen and oxygen atoms in total. The van der Waals surface area contributed by atoms with E-state index in [-0.39, 0.29) is 28.8 Å². The van der Waals surface area contributed by atoms with Gasteiger partial charge in [-0.3, -0.25) is 9.78 Å². The molecule has 1 unspecified atom stereocenters. The zero-order valence-electron chi connectivity index (χ0n) is 19.3. The number of hydrogen-bond donors (Lipinski definition) is 1. The van der Waals surface area contributed by atoms with Crippen LogP contribution in [0.1, 0.15) is 56.6 Å². The molecule has 3 aromatic rings. The SMILES string of the molecule is O=C(C1CCC(NS(=O)(=O)c2cnc3ccccc3c2)CC1)N1CCCCC1c1ccccc1. The van der Waals surface area contributed by atoms with Crippen LogP contribution in [-0.4, -0.2) is 36.8 Å². The fourth-order valence-corrected chi connectivity index (χ4v) is 6.68. The Kier molecular flexibility index (Phi) is 6.66. The molecule has 7 heteroatoms. The molecule has 2 fully saturated rings. The summed E-state index contributed by atoms with van der Waals surface area (Å²) in [4.78, 5) is 20.0. The first kappa shape index (κ1) is 23.0. The second-order valence-electron chi connectivity index (χ2n) is 9.49. The fourth-order valence-electron chi connectivity index (χ4n) is 5.40. The quantitative estimate of drug-likeness (QED) is 0.571. The zero-order valence-corrected chi connectivity index (χ0v) is 20.1. The summed E-state index contributed by atoms with van der Waals surface area (Å²) in [6.45, 7) is 0.805. The van der Waals surface area contributed by atoms with E-state index in [4.69, 9.17) is 0 Å². The van der Waals surface area contributed by atoms with Crippen molar-refractivity contribution in [1.29, 1.82) is 0 Å². The molecule has 0 bridgehead atoms. The van der Waals surface area contributed by atoms with E-state index in [9.17, 15) is 13.2 Å². The number of nitrogens with one attached hydrogen (secondary N) is 1. The number of sulfonamides is 1. The Balaban J connectivity index is 1.22. The molecule has 1 aromatic heterocycles. The molecule has 1 saturated carbocycles. The minimum absolute atomic E-state index is 0.0348. The maximum absolute atomic E-state index is 13.5. The summed E-state index contributed by atoms with van der Waals surface area (Å²) < 4.78 is 28.8. The lowest BCUT2D eigenvalue weighted by molar-refractivity contribution is -0.140. The van der Waals surface area contributed by atoms with Gasteiger partial charge in [-0.1, -0.05) is 48.5 Å². The van der Waals surface area contributed by atoms with E-state index >= 15 is 0 Å². The van der Waals surface area contributed by atoms with Gasteiger partial charge in [0.2, 0.25) is 15.9 Å². The van der Waals surface area contributed by atoms with Gasteiger partial charge in [-0.15, -0.1) is 0 Å². The molecular formula is C27H31N3O3S. The number of carbonyl (C=O) groups excluding carboxylic acids is 1. The number of para-hydroxylation sites is 1. The van der Waals surface area contributed by atoms with Gasteiger partial charge in [-0.25, -0.2) is 13.1 Å². The van der Waals surface area contributed by atoms with E-state index < -0.39 is 10.0 Å². The van der Waals surface area contributed by atoms with Crippen LogP contribution >= 0.6 is 0 Å². The summed E-state index contributed by atoms with van der Waals surface area (Å²) >= 11 is 0. The number of aromatic nitrogens is 1. The van der Waals surface area contributed by atoms with Crippen molar-refractivity contribution in [2.75, 3.05) is 6.54 Å². The zero-order chi connectivity index (χ0) is 23.5. The van der Waals surface area contributed by atoms with Crippen LogP contribution in [0.25, 0.3) is 10.9 Å². The first-order valence-electron chi connectivity index (χ1n) is 12.2. The highest BCUT2D eigenvalue weighted by atomic mass is 32.2. The second kappa shape index (κ2) is 9.84. The highest BCUT2D eigenvalue weighted by molar-refractivity contribution is 7.89. The third-order valence-corrected chi connectivity index (χ3v) is 8.73. The number of rotatable bonds is 5. The van der Waals surface area contributed by atoms with Gasteiger partial charge in [0.25, 0.3) is 0 Å². The molecule has 2 aromatic carbocycles. The Labute approximate surface area is 201 Å². The fraction of sp³-hybridized carbons (Fsp3) is 0.407. The van der Waals surface area contributed by atoms with Gasteiger partial charge in [0.15, 0.2) is 0 Å². The topological polar surface area (TPSA) is 79.4 Å². The molecule has 1 saturated heterocycles. The maximum Gasteiger partial charge on any atom is 0.242 e. The molecule has 178 valence electrons. The van der Waals surface area contributed by atoms with Crippen molar-refractivity contribution in [3.63, 3.8) is 0 Å². The van der Waals surface area contributed by atoms with E-state index in [1.807, 2.05) is 42.5 Å². The first-order valence-corrected chi connectivity index (χ1v) is 13.7. The Bertz CT molecular complexity index is 1250. The normalized spacial score (nSPS) is 23.6. The third kappa shape index (κ3) is 4.86. The molecule has 5 rings (SSSR count). The maximum atomic E-state index is 13.5. The lowest BCUT2D eigenvalue weighted by Gasteiger charge is -2.39. The van der Waals surface area contributed by atoms with Crippen LogP contribution < -0.4 is 4.72 Å². The van der Waals surface area contributed by atoms with Crippen LogP contribution in [0.3, 0.4) is 0 Å². The lowest BCUT2D eigenvalue weighted by atomic mass is 9.84. The monoisotopic (exact) mass is 477 g/mol. The van der Waals surface area contributed by atoms with Crippen LogP contribution in [0, 0.1) is 5.92 Å². The lowest BCUT2D eigenvalue weighted by Crippen LogP contribution is -2.45. The number of likely N-dealkylation sites (tertiary alicyclic amines) is 1. The molecule has 0 radical (unpaired) electrons. The highest BCUT2D eigenvalue weighted by Crippen LogP contribution is 2.35. The van der Waals surface area contributed by atoms with Crippen molar-refractivity contribution in [2.24, 2.45) is 5.92 Å². The van der Waals surface area contributed by atoms with Crippen LogP contribution in [-0.2, 0) is 14.8 Å². The standard InChI is InChI=1S/C27H31N3O3S/c31-27(30-17-7-6-12-26(30)20-8-2-1-3-9-20)21-13-15-23(16-14-21)29-34(32,33)24-18-22-10-4-5-11-25(22)28-19-24/h1-5,8-11,18-19,21,23,26,29H,6-7,12-17H2. The number of hydrogen-bond acceptors (Lipinski definition) is 4. The van der Waals surface area contributed by atoms with Crippen LogP contribution in [0.2, 0.25) is 0 Å². The summed E-state index contributed by atoms with van der Waals surface area (Å²) in [6, 6.07) is 19.4. The second-order valence-corrected chi connectivity index (χ2v) is 11.2. The summed E-state index contributed by atoms with van der Waals surface area (Å²) in [5.74, 6) is 0.195. The number of amides is 1. The summed E-state index contributed by atoms with van der Waals surface area (Å²) in [7, 11) is -3.66. The third-order valence-electron chi connectivity index (χ3n) is 7.24. The van der Waals surface area contributed by atoms with Crippen LogP contribution in [0.15, 0.2) is 71.8 Å². The Hall–Kier alpha value is -2.77. The van der Waals surface area contributed by atoms with Crippen LogP contribution in [0.5, 0.6) is 0 Å². The molecule has 1 aliphatic heterocycles. The average molecular weight is 478 g/mol. The van der Waals surface area contributed by atoms with E-state index in [1.54, 1.807) is 6.07 Å². The van der Waals surface area contributed by atoms with Crippen molar-refractivity contribution < 1.29 is 13.2 Å². The number of fused-ring (bicyclic) bond motifs is 1. The van der Waals surface area contributed by atoms with Gasteiger partial charge in [0.1, 0.15) is 4.90 Å². The average Bonchev–Trinajstić information content (AvgIpc) is 2.89. The highest BCUT2D eigenvalue weighted by Gasteiger charge is 2.35. The van der Waals surface area contributed by atoms with E-state index in [0.29, 0.717) is 25.7 Å². The largest absolute Gasteiger partial charge is 0.335 e. The number of pyridine rings is 1. The number of nitrogens with zero attached hydrogens (tertiary/aromatic N) is 2. The molecule has 1 atom stereocenters. The number of piperidine rings is 1.